The van der Waals surface area contributed by atoms with E-state index in [2.05, 4.69) is 13.0 Å². The summed E-state index contributed by atoms with van der Waals surface area (Å²) >= 11 is 0. The van der Waals surface area contributed by atoms with E-state index in [1.807, 2.05) is 6.08 Å². The standard InChI is InChI=1S/C11H21NO3S/c1-2-3-9-4-6-10(7-5-9)11(12)8-16(13,14)15/h4,6,9-11H,2-3,5,7-8,12H2,1H3,(H,13,14,15). The molecule has 3 unspecified atom stereocenters. The van der Waals surface area contributed by atoms with E-state index in [1.165, 1.54) is 6.42 Å². The van der Waals surface area contributed by atoms with E-state index in [0.717, 1.165) is 19.3 Å². The molecule has 1 rings (SSSR count). The first-order valence-corrected chi connectivity index (χ1v) is 7.42. The van der Waals surface area contributed by atoms with E-state index >= 15 is 0 Å². The van der Waals surface area contributed by atoms with Gasteiger partial charge in [-0.2, -0.15) is 8.42 Å². The second kappa shape index (κ2) is 5.80. The molecule has 0 aromatic heterocycles. The maximum atomic E-state index is 10.7. The lowest BCUT2D eigenvalue weighted by Gasteiger charge is -2.26. The lowest BCUT2D eigenvalue weighted by atomic mass is 9.83. The van der Waals surface area contributed by atoms with Crippen LogP contribution in [-0.4, -0.2) is 24.8 Å². The molecule has 0 amide bonds. The highest BCUT2D eigenvalue weighted by molar-refractivity contribution is 7.85. The second-order valence-corrected chi connectivity index (χ2v) is 6.08. The Morgan fingerprint density at radius 1 is 1.44 bits per heavy atom. The summed E-state index contributed by atoms with van der Waals surface area (Å²) in [7, 11) is -3.96. The maximum absolute atomic E-state index is 10.7. The summed E-state index contributed by atoms with van der Waals surface area (Å²) in [5.74, 6) is 0.342. The topological polar surface area (TPSA) is 80.4 Å². The zero-order valence-corrected chi connectivity index (χ0v) is 10.5. The molecule has 0 saturated carbocycles. The minimum absolute atomic E-state index is 0.0787. The van der Waals surface area contributed by atoms with Crippen molar-refractivity contribution in [3.8, 4) is 0 Å². The normalized spacial score (nSPS) is 27.9. The van der Waals surface area contributed by atoms with Gasteiger partial charge in [0, 0.05) is 6.04 Å². The van der Waals surface area contributed by atoms with Crippen molar-refractivity contribution in [3.63, 3.8) is 0 Å². The van der Waals surface area contributed by atoms with Crippen LogP contribution in [0.3, 0.4) is 0 Å². The summed E-state index contributed by atoms with van der Waals surface area (Å²) in [5.41, 5.74) is 5.76. The van der Waals surface area contributed by atoms with E-state index < -0.39 is 16.2 Å². The van der Waals surface area contributed by atoms with Gasteiger partial charge < -0.3 is 5.73 Å². The van der Waals surface area contributed by atoms with Gasteiger partial charge in [-0.05, 0) is 31.1 Å². The first-order valence-electron chi connectivity index (χ1n) is 5.81. The van der Waals surface area contributed by atoms with Crippen LogP contribution in [0.2, 0.25) is 0 Å². The fourth-order valence-corrected chi connectivity index (χ4v) is 2.97. The highest BCUT2D eigenvalue weighted by Crippen LogP contribution is 2.27. The van der Waals surface area contributed by atoms with Crippen LogP contribution in [-0.2, 0) is 10.1 Å². The predicted octanol–water partition coefficient (Wildman–Crippen LogP) is 1.58. The number of hydrogen-bond acceptors (Lipinski definition) is 3. The van der Waals surface area contributed by atoms with Gasteiger partial charge in [-0.3, -0.25) is 4.55 Å². The zero-order valence-electron chi connectivity index (χ0n) is 9.67. The minimum atomic E-state index is -3.96. The number of hydrogen-bond donors (Lipinski definition) is 2. The largest absolute Gasteiger partial charge is 0.326 e. The van der Waals surface area contributed by atoms with Gasteiger partial charge in [0.05, 0.1) is 5.75 Å². The molecule has 0 fully saturated rings. The highest BCUT2D eigenvalue weighted by atomic mass is 32.2. The van der Waals surface area contributed by atoms with Crippen molar-refractivity contribution in [2.75, 3.05) is 5.75 Å². The molecule has 0 radical (unpaired) electrons. The van der Waals surface area contributed by atoms with Gasteiger partial charge in [0.2, 0.25) is 0 Å². The fraction of sp³-hybridized carbons (Fsp3) is 0.818. The molecule has 0 spiro atoms. The van der Waals surface area contributed by atoms with Crippen LogP contribution in [0.1, 0.15) is 32.6 Å². The van der Waals surface area contributed by atoms with Crippen LogP contribution in [0.15, 0.2) is 12.2 Å². The van der Waals surface area contributed by atoms with Crippen LogP contribution >= 0.6 is 0 Å². The van der Waals surface area contributed by atoms with Gasteiger partial charge in [0.15, 0.2) is 0 Å². The number of allylic oxidation sites excluding steroid dienone is 1. The lowest BCUT2D eigenvalue weighted by molar-refractivity contribution is 0.392. The molecule has 16 heavy (non-hydrogen) atoms. The van der Waals surface area contributed by atoms with E-state index in [9.17, 15) is 8.42 Å². The third kappa shape index (κ3) is 4.63. The summed E-state index contributed by atoms with van der Waals surface area (Å²) in [6, 6.07) is -0.492. The van der Waals surface area contributed by atoms with Crippen molar-refractivity contribution in [2.24, 2.45) is 17.6 Å². The first-order chi connectivity index (χ1) is 7.42. The van der Waals surface area contributed by atoms with Gasteiger partial charge in [-0.15, -0.1) is 0 Å². The third-order valence-electron chi connectivity index (χ3n) is 3.11. The van der Waals surface area contributed by atoms with Gasteiger partial charge in [-0.25, -0.2) is 0 Å². The van der Waals surface area contributed by atoms with Crippen LogP contribution in [0, 0.1) is 11.8 Å². The van der Waals surface area contributed by atoms with Gasteiger partial charge in [0.25, 0.3) is 10.1 Å². The molecule has 5 heteroatoms. The Labute approximate surface area is 97.7 Å². The Morgan fingerprint density at radius 3 is 2.56 bits per heavy atom. The average molecular weight is 247 g/mol. The van der Waals surface area contributed by atoms with E-state index in [4.69, 9.17) is 10.3 Å². The molecule has 1 aliphatic rings. The zero-order chi connectivity index (χ0) is 12.2. The molecule has 0 aromatic carbocycles. The second-order valence-electron chi connectivity index (χ2n) is 4.59. The molecule has 0 aromatic rings. The molecular formula is C11H21NO3S. The minimum Gasteiger partial charge on any atom is -0.326 e. The van der Waals surface area contributed by atoms with Crippen molar-refractivity contribution in [1.82, 2.24) is 0 Å². The molecule has 4 nitrogen and oxygen atoms in total. The predicted molar refractivity (Wildman–Crippen MR) is 64.7 cm³/mol. The summed E-state index contributed by atoms with van der Waals surface area (Å²) in [4.78, 5) is 0. The summed E-state index contributed by atoms with van der Waals surface area (Å²) in [5, 5.41) is 0. The van der Waals surface area contributed by atoms with Crippen molar-refractivity contribution in [3.05, 3.63) is 12.2 Å². The Bertz CT molecular complexity index is 337. The van der Waals surface area contributed by atoms with E-state index in [-0.39, 0.29) is 11.7 Å². The van der Waals surface area contributed by atoms with Gasteiger partial charge in [-0.1, -0.05) is 25.5 Å². The number of rotatable bonds is 5. The molecule has 1 aliphatic carbocycles. The van der Waals surface area contributed by atoms with Crippen molar-refractivity contribution in [1.29, 1.82) is 0 Å². The van der Waals surface area contributed by atoms with Crippen molar-refractivity contribution >= 4 is 10.1 Å². The van der Waals surface area contributed by atoms with Crippen LogP contribution in [0.25, 0.3) is 0 Å². The fourth-order valence-electron chi connectivity index (χ4n) is 2.23. The molecular weight excluding hydrogens is 226 g/mol. The summed E-state index contributed by atoms with van der Waals surface area (Å²) in [6.07, 6.45) is 8.47. The molecule has 0 saturated heterocycles. The van der Waals surface area contributed by atoms with Crippen LogP contribution in [0.4, 0.5) is 0 Å². The average Bonchev–Trinajstić information content (AvgIpc) is 2.16. The summed E-state index contributed by atoms with van der Waals surface area (Å²) < 4.78 is 30.1. The highest BCUT2D eigenvalue weighted by Gasteiger charge is 2.24. The van der Waals surface area contributed by atoms with Crippen molar-refractivity contribution in [2.45, 2.75) is 38.6 Å². The molecule has 0 heterocycles. The first kappa shape index (κ1) is 13.7. The van der Waals surface area contributed by atoms with Crippen molar-refractivity contribution < 1.29 is 13.0 Å². The Hall–Kier alpha value is -0.390. The Kier molecular flexibility index (Phi) is 4.95. The third-order valence-corrected chi connectivity index (χ3v) is 3.92. The smallest absolute Gasteiger partial charge is 0.266 e. The monoisotopic (exact) mass is 247 g/mol. The van der Waals surface area contributed by atoms with Crippen LogP contribution < -0.4 is 5.73 Å². The van der Waals surface area contributed by atoms with Gasteiger partial charge >= 0.3 is 0 Å². The SMILES string of the molecule is CCCC1C=CC(C(N)CS(=O)(=O)O)CC1. The molecule has 0 bridgehead atoms. The molecule has 3 N–H and O–H groups in total. The molecule has 94 valence electrons. The van der Waals surface area contributed by atoms with Gasteiger partial charge in [0.1, 0.15) is 0 Å². The van der Waals surface area contributed by atoms with Crippen LogP contribution in [0.5, 0.6) is 0 Å². The quantitative estimate of drug-likeness (QED) is 0.571. The number of nitrogens with two attached hydrogens (primary N) is 1. The molecule has 0 aliphatic heterocycles. The van der Waals surface area contributed by atoms with E-state index in [0.29, 0.717) is 5.92 Å². The Morgan fingerprint density at radius 2 is 2.12 bits per heavy atom. The maximum Gasteiger partial charge on any atom is 0.266 e. The lowest BCUT2D eigenvalue weighted by Crippen LogP contribution is -2.37. The Balaban J connectivity index is 2.49. The molecule has 3 atom stereocenters. The summed E-state index contributed by atoms with van der Waals surface area (Å²) in [6.45, 7) is 2.16. The van der Waals surface area contributed by atoms with E-state index in [1.54, 1.807) is 0 Å².